The Morgan fingerprint density at radius 3 is 2.69 bits per heavy atom. The molecular formula is C21H24N4O6S. The first-order chi connectivity index (χ1) is 15.1. The van der Waals surface area contributed by atoms with Crippen molar-refractivity contribution in [2.24, 2.45) is 10.3 Å². The fraction of sp³-hybridized carbons (Fsp3) is 0.333. The quantitative estimate of drug-likeness (QED) is 0.581. The second-order valence-electron chi connectivity index (χ2n) is 7.62. The number of nitrogens with zero attached hydrogens (tertiary/aromatic N) is 2. The minimum Gasteiger partial charge on any atom is -0.452 e. The Morgan fingerprint density at radius 2 is 1.94 bits per heavy atom. The van der Waals surface area contributed by atoms with E-state index in [-0.39, 0.29) is 35.5 Å². The third-order valence-electron chi connectivity index (χ3n) is 4.51. The summed E-state index contributed by atoms with van der Waals surface area (Å²) in [4.78, 5) is 38.5. The van der Waals surface area contributed by atoms with Crippen LogP contribution in [0, 0.1) is 5.92 Å². The van der Waals surface area contributed by atoms with Crippen LogP contribution in [0.25, 0.3) is 0 Å². The lowest BCUT2D eigenvalue weighted by molar-refractivity contribution is -0.143. The van der Waals surface area contributed by atoms with Crippen LogP contribution in [-0.2, 0) is 24.3 Å². The third-order valence-corrected chi connectivity index (χ3v) is 5.67. The lowest BCUT2D eigenvalue weighted by Crippen LogP contribution is -2.37. The number of hydrogen-bond donors (Lipinski definition) is 2. The number of anilines is 1. The second kappa shape index (κ2) is 9.77. The number of ether oxygens (including phenoxy) is 1. The van der Waals surface area contributed by atoms with Crippen LogP contribution in [0.1, 0.15) is 24.2 Å². The molecular weight excluding hydrogens is 436 g/mol. The number of esters is 1. The van der Waals surface area contributed by atoms with Crippen molar-refractivity contribution in [2.75, 3.05) is 30.8 Å². The van der Waals surface area contributed by atoms with E-state index in [1.165, 1.54) is 23.3 Å². The topological polar surface area (TPSA) is 134 Å². The first-order valence-electron chi connectivity index (χ1n) is 9.98. The van der Waals surface area contributed by atoms with Crippen LogP contribution in [0.3, 0.4) is 0 Å². The molecule has 0 spiro atoms. The van der Waals surface area contributed by atoms with Crippen LogP contribution in [0.4, 0.5) is 5.69 Å². The Labute approximate surface area is 186 Å². The van der Waals surface area contributed by atoms with Gasteiger partial charge in [0.1, 0.15) is 5.84 Å². The van der Waals surface area contributed by atoms with Gasteiger partial charge in [0.15, 0.2) is 6.61 Å². The molecule has 11 heteroatoms. The number of para-hydroxylation sites is 1. The number of carbonyl (C=O) groups excluding carboxylic acids is 3. The van der Waals surface area contributed by atoms with Gasteiger partial charge in [-0.3, -0.25) is 9.59 Å². The highest BCUT2D eigenvalue weighted by atomic mass is 32.2. The van der Waals surface area contributed by atoms with Gasteiger partial charge in [0, 0.05) is 19.3 Å². The minimum absolute atomic E-state index is 0.157. The SMILES string of the molecule is CC(C)CNC(=O)c1ccccc1NC(=O)COC(=O)C1=CN2CCS(=O)(=O)N=C2C=C1. The van der Waals surface area contributed by atoms with Gasteiger partial charge in [-0.15, -0.1) is 4.40 Å². The van der Waals surface area contributed by atoms with Gasteiger partial charge in [-0.1, -0.05) is 26.0 Å². The predicted octanol–water partition coefficient (Wildman–Crippen LogP) is 1.05. The molecule has 2 amide bonds. The van der Waals surface area contributed by atoms with Crippen LogP contribution in [-0.4, -0.2) is 62.4 Å². The highest BCUT2D eigenvalue weighted by Gasteiger charge is 2.25. The Bertz CT molecular complexity index is 1120. The lowest BCUT2D eigenvalue weighted by atomic mass is 10.1. The standard InChI is InChI=1S/C21H24N4O6S/c1-14(2)11-22-20(27)16-5-3-4-6-17(16)23-19(26)13-31-21(28)15-7-8-18-24-32(29,30)10-9-25(18)12-15/h3-8,12,14H,9-11,13H2,1-2H3,(H,22,27)(H,23,26). The molecule has 10 nitrogen and oxygen atoms in total. The van der Waals surface area contributed by atoms with Gasteiger partial charge in [0.2, 0.25) is 0 Å². The van der Waals surface area contributed by atoms with Crippen molar-refractivity contribution in [1.29, 1.82) is 0 Å². The van der Waals surface area contributed by atoms with E-state index < -0.39 is 28.5 Å². The molecule has 0 unspecified atom stereocenters. The highest BCUT2D eigenvalue weighted by molar-refractivity contribution is 7.90. The van der Waals surface area contributed by atoms with Crippen molar-refractivity contribution >= 4 is 39.3 Å². The first kappa shape index (κ1) is 23.2. The molecule has 0 saturated carbocycles. The van der Waals surface area contributed by atoms with Gasteiger partial charge in [-0.2, -0.15) is 0 Å². The first-order valence-corrected chi connectivity index (χ1v) is 11.6. The number of benzene rings is 1. The molecule has 0 saturated heterocycles. The zero-order valence-corrected chi connectivity index (χ0v) is 18.5. The van der Waals surface area contributed by atoms with Crippen molar-refractivity contribution in [3.8, 4) is 0 Å². The maximum Gasteiger partial charge on any atom is 0.340 e. The van der Waals surface area contributed by atoms with Crippen molar-refractivity contribution < 1.29 is 27.5 Å². The maximum atomic E-state index is 12.4. The van der Waals surface area contributed by atoms with Gasteiger partial charge in [-0.05, 0) is 30.2 Å². The van der Waals surface area contributed by atoms with Crippen LogP contribution >= 0.6 is 0 Å². The summed E-state index contributed by atoms with van der Waals surface area (Å²) in [5, 5.41) is 5.37. The molecule has 0 fully saturated rings. The molecule has 2 heterocycles. The smallest absolute Gasteiger partial charge is 0.340 e. The number of carbonyl (C=O) groups is 3. The largest absolute Gasteiger partial charge is 0.452 e. The average Bonchev–Trinajstić information content (AvgIpc) is 2.75. The zero-order valence-electron chi connectivity index (χ0n) is 17.7. The van der Waals surface area contributed by atoms with Crippen LogP contribution in [0.5, 0.6) is 0 Å². The summed E-state index contributed by atoms with van der Waals surface area (Å²) in [7, 11) is -3.49. The summed E-state index contributed by atoms with van der Waals surface area (Å²) >= 11 is 0. The molecule has 32 heavy (non-hydrogen) atoms. The molecule has 2 aliphatic heterocycles. The minimum atomic E-state index is -3.49. The van der Waals surface area contributed by atoms with Crippen molar-refractivity contribution in [1.82, 2.24) is 10.2 Å². The molecule has 1 aromatic carbocycles. The van der Waals surface area contributed by atoms with Gasteiger partial charge < -0.3 is 20.3 Å². The Kier molecular flexibility index (Phi) is 7.08. The number of amides is 2. The summed E-state index contributed by atoms with van der Waals surface area (Å²) < 4.78 is 31.8. The molecule has 0 aliphatic carbocycles. The van der Waals surface area contributed by atoms with E-state index in [2.05, 4.69) is 15.0 Å². The number of sulfonamides is 1. The molecule has 0 atom stereocenters. The van der Waals surface area contributed by atoms with Crippen molar-refractivity contribution in [3.63, 3.8) is 0 Å². The third kappa shape index (κ3) is 6.03. The van der Waals surface area contributed by atoms with E-state index in [1.54, 1.807) is 24.3 Å². The molecule has 2 aliphatic rings. The van der Waals surface area contributed by atoms with Gasteiger partial charge in [-0.25, -0.2) is 13.2 Å². The van der Waals surface area contributed by atoms with E-state index in [9.17, 15) is 22.8 Å². The number of nitrogens with one attached hydrogen (secondary N) is 2. The van der Waals surface area contributed by atoms with Crippen LogP contribution in [0.15, 0.2) is 52.6 Å². The normalized spacial score (nSPS) is 16.5. The number of fused-ring (bicyclic) bond motifs is 1. The van der Waals surface area contributed by atoms with E-state index >= 15 is 0 Å². The van der Waals surface area contributed by atoms with E-state index in [4.69, 9.17) is 4.74 Å². The summed E-state index contributed by atoms with van der Waals surface area (Å²) in [5.41, 5.74) is 0.768. The van der Waals surface area contributed by atoms with Crippen LogP contribution < -0.4 is 10.6 Å². The summed E-state index contributed by atoms with van der Waals surface area (Å²) in [6.45, 7) is 4.05. The molecule has 1 aromatic rings. The fourth-order valence-corrected chi connectivity index (χ4v) is 3.87. The molecule has 0 radical (unpaired) electrons. The Balaban J connectivity index is 1.57. The zero-order chi connectivity index (χ0) is 23.3. The van der Waals surface area contributed by atoms with Crippen molar-refractivity contribution in [3.05, 3.63) is 53.8 Å². The number of rotatable bonds is 7. The molecule has 3 rings (SSSR count). The molecule has 0 bridgehead atoms. The van der Waals surface area contributed by atoms with E-state index in [0.717, 1.165) is 0 Å². The lowest BCUT2D eigenvalue weighted by Gasteiger charge is -2.26. The average molecular weight is 461 g/mol. The monoisotopic (exact) mass is 460 g/mol. The summed E-state index contributed by atoms with van der Waals surface area (Å²) in [6, 6.07) is 6.54. The van der Waals surface area contributed by atoms with Gasteiger partial charge in [0.05, 0.1) is 22.6 Å². The molecule has 170 valence electrons. The Morgan fingerprint density at radius 1 is 1.19 bits per heavy atom. The van der Waals surface area contributed by atoms with E-state index in [0.29, 0.717) is 17.8 Å². The maximum absolute atomic E-state index is 12.4. The van der Waals surface area contributed by atoms with Crippen LogP contribution in [0.2, 0.25) is 0 Å². The number of hydrogen-bond acceptors (Lipinski definition) is 7. The van der Waals surface area contributed by atoms with Gasteiger partial charge >= 0.3 is 5.97 Å². The second-order valence-corrected chi connectivity index (χ2v) is 9.38. The molecule has 2 N–H and O–H groups in total. The predicted molar refractivity (Wildman–Crippen MR) is 118 cm³/mol. The molecule has 0 aromatic heterocycles. The highest BCUT2D eigenvalue weighted by Crippen LogP contribution is 2.17. The summed E-state index contributed by atoms with van der Waals surface area (Å²) in [6.07, 6.45) is 4.21. The van der Waals surface area contributed by atoms with Crippen molar-refractivity contribution in [2.45, 2.75) is 13.8 Å². The van der Waals surface area contributed by atoms with E-state index in [1.807, 2.05) is 13.8 Å². The number of amidine groups is 1. The summed E-state index contributed by atoms with van der Waals surface area (Å²) in [5.74, 6) is -1.32. The fourth-order valence-electron chi connectivity index (χ4n) is 2.90. The van der Waals surface area contributed by atoms with Gasteiger partial charge in [0.25, 0.3) is 21.8 Å². The Hall–Kier alpha value is -3.47.